The monoisotopic (exact) mass is 198 g/mol. The largest absolute Gasteiger partial charge is 0.148 e. The van der Waals surface area contributed by atoms with Crippen molar-refractivity contribution in [3.8, 4) is 0 Å². The van der Waals surface area contributed by atoms with Crippen molar-refractivity contribution in [1.82, 2.24) is 0 Å². The van der Waals surface area contributed by atoms with Gasteiger partial charge in [0, 0.05) is 4.88 Å². The molecule has 0 bridgehead atoms. The smallest absolute Gasteiger partial charge is 0.00922 e. The summed E-state index contributed by atoms with van der Waals surface area (Å²) < 4.78 is 0. The van der Waals surface area contributed by atoms with Crippen LogP contribution in [0.5, 0.6) is 0 Å². The van der Waals surface area contributed by atoms with E-state index in [0.29, 0.717) is 0 Å². The molecule has 1 rings (SSSR count). The van der Waals surface area contributed by atoms with Crippen molar-refractivity contribution in [2.75, 3.05) is 0 Å². The molecule has 12 heavy (non-hydrogen) atoms. The molecule has 0 saturated heterocycles. The zero-order valence-corrected chi connectivity index (χ0v) is 9.64. The number of allylic oxidation sites excluding steroid dienone is 2. The number of hydrogen-bond acceptors (Lipinski definition) is 2. The first-order valence-electron chi connectivity index (χ1n) is 3.95. The number of aryl methyl sites for hydroxylation is 2. The van der Waals surface area contributed by atoms with Gasteiger partial charge in [-0.15, -0.1) is 24.0 Å². The van der Waals surface area contributed by atoms with Crippen molar-refractivity contribution in [2.45, 2.75) is 27.7 Å². The molecule has 0 saturated carbocycles. The fraction of sp³-hybridized carbons (Fsp3) is 0.400. The molecule has 0 nitrogen and oxygen atoms in total. The first-order chi connectivity index (χ1) is 5.54. The normalized spacial score (nSPS) is 13.1. The van der Waals surface area contributed by atoms with Gasteiger partial charge in [-0.25, -0.2) is 0 Å². The highest BCUT2D eigenvalue weighted by atomic mass is 32.1. The Morgan fingerprint density at radius 1 is 1.33 bits per heavy atom. The fourth-order valence-electron chi connectivity index (χ4n) is 1.31. The highest BCUT2D eigenvalue weighted by Crippen LogP contribution is 2.30. The van der Waals surface area contributed by atoms with Gasteiger partial charge < -0.3 is 0 Å². The second-order valence-electron chi connectivity index (χ2n) is 3.06. The maximum absolute atomic E-state index is 4.36. The van der Waals surface area contributed by atoms with Crippen LogP contribution in [-0.4, -0.2) is 0 Å². The molecule has 66 valence electrons. The second kappa shape index (κ2) is 3.67. The Balaban J connectivity index is 3.28. The van der Waals surface area contributed by atoms with Crippen molar-refractivity contribution < 1.29 is 0 Å². The fourth-order valence-corrected chi connectivity index (χ4v) is 2.33. The molecule has 0 aliphatic carbocycles. The number of rotatable bonds is 1. The number of thiophene rings is 1. The standard InChI is InChI=1S/C10H14S2/c1-6-5-12-9(4)10(6)7(2)8(3)11/h5,11H,1-4H3/b8-7-. The van der Waals surface area contributed by atoms with Crippen molar-refractivity contribution in [2.24, 2.45) is 0 Å². The minimum absolute atomic E-state index is 1.11. The third kappa shape index (κ3) is 1.75. The predicted molar refractivity (Wildman–Crippen MR) is 61.0 cm³/mol. The summed E-state index contributed by atoms with van der Waals surface area (Å²) in [6.07, 6.45) is 0. The van der Waals surface area contributed by atoms with Crippen LogP contribution < -0.4 is 0 Å². The van der Waals surface area contributed by atoms with E-state index in [1.54, 1.807) is 0 Å². The van der Waals surface area contributed by atoms with Gasteiger partial charge in [0.05, 0.1) is 0 Å². The highest BCUT2D eigenvalue weighted by molar-refractivity contribution is 7.84. The summed E-state index contributed by atoms with van der Waals surface area (Å²) in [6, 6.07) is 0. The molecule has 1 heterocycles. The van der Waals surface area contributed by atoms with Crippen LogP contribution in [0.25, 0.3) is 5.57 Å². The average Bonchev–Trinajstić information content (AvgIpc) is 2.30. The third-order valence-corrected chi connectivity index (χ3v) is 3.44. The summed E-state index contributed by atoms with van der Waals surface area (Å²) in [4.78, 5) is 2.50. The minimum atomic E-state index is 1.11. The Morgan fingerprint density at radius 3 is 2.25 bits per heavy atom. The summed E-state index contributed by atoms with van der Waals surface area (Å²) in [7, 11) is 0. The van der Waals surface area contributed by atoms with Crippen LogP contribution in [-0.2, 0) is 0 Å². The van der Waals surface area contributed by atoms with E-state index in [-0.39, 0.29) is 0 Å². The topological polar surface area (TPSA) is 0 Å². The van der Waals surface area contributed by atoms with Gasteiger partial charge in [-0.2, -0.15) is 0 Å². The molecular weight excluding hydrogens is 184 g/mol. The maximum Gasteiger partial charge on any atom is 0.00922 e. The van der Waals surface area contributed by atoms with E-state index in [4.69, 9.17) is 0 Å². The van der Waals surface area contributed by atoms with Gasteiger partial charge in [-0.05, 0) is 54.7 Å². The third-order valence-electron chi connectivity index (χ3n) is 2.08. The van der Waals surface area contributed by atoms with E-state index < -0.39 is 0 Å². The Bertz CT molecular complexity index is 295. The Labute approximate surface area is 83.7 Å². The van der Waals surface area contributed by atoms with E-state index in [1.165, 1.54) is 21.6 Å². The molecule has 0 aliphatic heterocycles. The summed E-state index contributed by atoms with van der Waals surface area (Å²) in [5.41, 5.74) is 4.05. The molecule has 2 heteroatoms. The van der Waals surface area contributed by atoms with Crippen LogP contribution in [0.2, 0.25) is 0 Å². The molecular formula is C10H14S2. The lowest BCUT2D eigenvalue weighted by molar-refractivity contribution is 1.41. The van der Waals surface area contributed by atoms with Gasteiger partial charge in [-0.3, -0.25) is 0 Å². The first-order valence-corrected chi connectivity index (χ1v) is 5.28. The van der Waals surface area contributed by atoms with Crippen LogP contribution >= 0.6 is 24.0 Å². The summed E-state index contributed by atoms with van der Waals surface area (Å²) in [5, 5.41) is 2.20. The van der Waals surface area contributed by atoms with Crippen molar-refractivity contribution in [3.05, 3.63) is 26.3 Å². The zero-order chi connectivity index (χ0) is 9.30. The van der Waals surface area contributed by atoms with E-state index in [1.807, 2.05) is 18.3 Å². The van der Waals surface area contributed by atoms with Crippen molar-refractivity contribution >= 4 is 29.5 Å². The molecule has 0 atom stereocenters. The minimum Gasteiger partial charge on any atom is -0.148 e. The molecule has 1 aromatic rings. The SMILES string of the molecule is C/C(S)=C(\C)c1c(C)csc1C. The maximum atomic E-state index is 4.36. The van der Waals surface area contributed by atoms with Crippen LogP contribution in [0.15, 0.2) is 10.3 Å². The molecule has 0 radical (unpaired) electrons. The Morgan fingerprint density at radius 2 is 1.92 bits per heavy atom. The van der Waals surface area contributed by atoms with Crippen LogP contribution in [0.1, 0.15) is 29.9 Å². The molecule has 0 N–H and O–H groups in total. The van der Waals surface area contributed by atoms with E-state index in [2.05, 4.69) is 38.8 Å². The molecule has 0 spiro atoms. The van der Waals surface area contributed by atoms with E-state index in [9.17, 15) is 0 Å². The summed E-state index contributed by atoms with van der Waals surface area (Å²) >= 11 is 6.17. The van der Waals surface area contributed by atoms with Gasteiger partial charge in [0.2, 0.25) is 0 Å². The lowest BCUT2D eigenvalue weighted by Gasteiger charge is -2.04. The summed E-state index contributed by atoms with van der Waals surface area (Å²) in [5.74, 6) is 0. The summed E-state index contributed by atoms with van der Waals surface area (Å²) in [6.45, 7) is 8.48. The van der Waals surface area contributed by atoms with Gasteiger partial charge in [0.15, 0.2) is 0 Å². The number of thiol groups is 1. The molecule has 0 aliphatic rings. The van der Waals surface area contributed by atoms with Crippen LogP contribution in [0, 0.1) is 13.8 Å². The second-order valence-corrected chi connectivity index (χ2v) is 4.81. The quantitative estimate of drug-likeness (QED) is 0.647. The van der Waals surface area contributed by atoms with E-state index in [0.717, 1.165) is 4.91 Å². The van der Waals surface area contributed by atoms with Crippen LogP contribution in [0.4, 0.5) is 0 Å². The zero-order valence-electron chi connectivity index (χ0n) is 7.93. The average molecular weight is 198 g/mol. The highest BCUT2D eigenvalue weighted by Gasteiger charge is 2.07. The van der Waals surface area contributed by atoms with E-state index >= 15 is 0 Å². The van der Waals surface area contributed by atoms with Crippen LogP contribution in [0.3, 0.4) is 0 Å². The Hall–Kier alpha value is -0.210. The van der Waals surface area contributed by atoms with Gasteiger partial charge in [-0.1, -0.05) is 0 Å². The lowest BCUT2D eigenvalue weighted by Crippen LogP contribution is -1.83. The number of hydrogen-bond donors (Lipinski definition) is 1. The van der Waals surface area contributed by atoms with Gasteiger partial charge in [0.1, 0.15) is 0 Å². The Kier molecular flexibility index (Phi) is 3.02. The van der Waals surface area contributed by atoms with Gasteiger partial charge >= 0.3 is 0 Å². The van der Waals surface area contributed by atoms with Gasteiger partial charge in [0.25, 0.3) is 0 Å². The van der Waals surface area contributed by atoms with Crippen molar-refractivity contribution in [3.63, 3.8) is 0 Å². The molecule has 0 amide bonds. The molecule has 0 fully saturated rings. The first kappa shape index (κ1) is 9.87. The molecule has 0 aromatic carbocycles. The lowest BCUT2D eigenvalue weighted by atomic mass is 10.0. The molecule has 1 aromatic heterocycles. The van der Waals surface area contributed by atoms with Crippen molar-refractivity contribution in [1.29, 1.82) is 0 Å². The predicted octanol–water partition coefficient (Wildman–Crippen LogP) is 4.05. The molecule has 0 unspecified atom stereocenters.